The molecule has 8 aromatic rings. The molecule has 0 saturated carbocycles. The van der Waals surface area contributed by atoms with Crippen LogP contribution in [-0.2, 0) is 10.8 Å². The maximum atomic E-state index is 2.53. The van der Waals surface area contributed by atoms with Gasteiger partial charge in [-0.3, -0.25) is 0 Å². The highest BCUT2D eigenvalue weighted by atomic mass is 14.5. The van der Waals surface area contributed by atoms with E-state index in [1.807, 2.05) is 0 Å². The molecule has 0 heterocycles. The summed E-state index contributed by atoms with van der Waals surface area (Å²) in [5, 5.41) is 2.64. The van der Waals surface area contributed by atoms with Crippen molar-refractivity contribution in [2.45, 2.75) is 38.5 Å². The fourth-order valence-electron chi connectivity index (χ4n) is 9.64. The second kappa shape index (κ2) is 11.3. The smallest absolute Gasteiger partial charge is 0.0162 e. The Morgan fingerprint density at radius 3 is 1.40 bits per heavy atom. The third kappa shape index (κ3) is 4.34. The van der Waals surface area contributed by atoms with Gasteiger partial charge in [0.15, 0.2) is 0 Å². The lowest BCUT2D eigenvalue weighted by molar-refractivity contribution is 0.601. The van der Waals surface area contributed by atoms with Crippen molar-refractivity contribution in [3.8, 4) is 66.8 Å². The molecule has 0 amide bonds. The van der Waals surface area contributed by atoms with Gasteiger partial charge >= 0.3 is 0 Å². The summed E-state index contributed by atoms with van der Waals surface area (Å²) in [6.45, 7) is 9.81. The van der Waals surface area contributed by atoms with Crippen LogP contribution in [0, 0.1) is 0 Å². The number of fused-ring (bicyclic) bond motifs is 9. The Morgan fingerprint density at radius 1 is 0.288 bits per heavy atom. The van der Waals surface area contributed by atoms with Crippen molar-refractivity contribution < 1.29 is 0 Å². The van der Waals surface area contributed by atoms with Crippen LogP contribution < -0.4 is 0 Å². The Bertz CT molecular complexity index is 2710. The summed E-state index contributed by atoms with van der Waals surface area (Å²) in [6.07, 6.45) is 0. The molecule has 0 fully saturated rings. The van der Waals surface area contributed by atoms with E-state index in [0.29, 0.717) is 0 Å². The second-order valence-corrected chi connectivity index (χ2v) is 15.6. The van der Waals surface area contributed by atoms with Crippen molar-refractivity contribution in [3.63, 3.8) is 0 Å². The molecule has 0 N–H and O–H groups in total. The van der Waals surface area contributed by atoms with E-state index in [1.54, 1.807) is 0 Å². The third-order valence-corrected chi connectivity index (χ3v) is 12.1. The van der Waals surface area contributed by atoms with E-state index in [-0.39, 0.29) is 10.8 Å². The lowest BCUT2D eigenvalue weighted by Crippen LogP contribution is -2.24. The van der Waals surface area contributed by atoms with Crippen LogP contribution in [0.2, 0.25) is 0 Å². The molecule has 0 heteroatoms. The Labute approximate surface area is 307 Å². The lowest BCUT2D eigenvalue weighted by atomic mass is 9.72. The van der Waals surface area contributed by atoms with Crippen LogP contribution in [0.1, 0.15) is 49.9 Å². The van der Waals surface area contributed by atoms with Crippen molar-refractivity contribution >= 4 is 10.8 Å². The van der Waals surface area contributed by atoms with E-state index >= 15 is 0 Å². The van der Waals surface area contributed by atoms with Gasteiger partial charge in [0.1, 0.15) is 0 Å². The minimum Gasteiger partial charge on any atom is -0.0622 e. The molecule has 8 aromatic carbocycles. The zero-order chi connectivity index (χ0) is 35.2. The minimum absolute atomic E-state index is 0.175. The van der Waals surface area contributed by atoms with E-state index in [9.17, 15) is 0 Å². The average Bonchev–Trinajstić information content (AvgIpc) is 3.57. The van der Waals surface area contributed by atoms with E-state index in [2.05, 4.69) is 198 Å². The van der Waals surface area contributed by atoms with Gasteiger partial charge in [0.2, 0.25) is 0 Å². The monoisotopic (exact) mass is 664 g/mol. The molecule has 0 spiro atoms. The first kappa shape index (κ1) is 30.8. The van der Waals surface area contributed by atoms with Gasteiger partial charge in [-0.1, -0.05) is 185 Å². The molecule has 2 aliphatic rings. The summed E-state index contributed by atoms with van der Waals surface area (Å²) in [6, 6.07) is 63.0. The molecule has 10 rings (SSSR count). The van der Waals surface area contributed by atoms with Gasteiger partial charge in [-0.2, -0.15) is 0 Å². The molecule has 0 radical (unpaired) electrons. The maximum absolute atomic E-state index is 2.53. The zero-order valence-corrected chi connectivity index (χ0v) is 30.2. The molecule has 0 unspecified atom stereocenters. The predicted octanol–water partition coefficient (Wildman–Crippen LogP) is 14.1. The zero-order valence-electron chi connectivity index (χ0n) is 30.2. The maximum Gasteiger partial charge on any atom is 0.0162 e. The van der Waals surface area contributed by atoms with Crippen molar-refractivity contribution in [1.82, 2.24) is 0 Å². The van der Waals surface area contributed by atoms with Crippen LogP contribution in [0.5, 0.6) is 0 Å². The molecule has 0 saturated heterocycles. The SMILES string of the molecule is CC1(C)c2cc(-c3ccccc3-c3ccccc3)ccc2-c2ccc3c(c21)C(C)(C)c1cc(-c2ccccc2-c2ccccc2)c2ccccc2c1-3. The van der Waals surface area contributed by atoms with E-state index in [1.165, 1.54) is 99.8 Å². The summed E-state index contributed by atoms with van der Waals surface area (Å²) >= 11 is 0. The Balaban J connectivity index is 1.16. The standard InChI is InChI=1S/C52H40/c1-51(2)46-31-35(38-23-12-11-21-36(38)33-17-7-5-8-18-33)27-28-41(46)43-29-30-44-48-42-26-16-15-25-40(42)45(32-47(48)52(3,4)50(44)49(43)51)39-24-14-13-22-37(39)34-19-9-6-10-20-34/h5-32H,1-4H3. The highest BCUT2D eigenvalue weighted by Gasteiger charge is 2.46. The van der Waals surface area contributed by atoms with Crippen molar-refractivity contribution in [1.29, 1.82) is 0 Å². The van der Waals surface area contributed by atoms with Crippen molar-refractivity contribution in [2.75, 3.05) is 0 Å². The first-order valence-corrected chi connectivity index (χ1v) is 18.5. The normalized spacial score (nSPS) is 14.5. The van der Waals surface area contributed by atoms with Gasteiger partial charge in [0, 0.05) is 10.8 Å². The van der Waals surface area contributed by atoms with E-state index < -0.39 is 0 Å². The minimum atomic E-state index is -0.196. The van der Waals surface area contributed by atoms with Crippen LogP contribution in [0.3, 0.4) is 0 Å². The summed E-state index contributed by atoms with van der Waals surface area (Å²) in [7, 11) is 0. The van der Waals surface area contributed by atoms with Crippen molar-refractivity contribution in [2.24, 2.45) is 0 Å². The van der Waals surface area contributed by atoms with Crippen molar-refractivity contribution in [3.05, 3.63) is 192 Å². The largest absolute Gasteiger partial charge is 0.0622 e. The highest BCUT2D eigenvalue weighted by molar-refractivity contribution is 6.11. The second-order valence-electron chi connectivity index (χ2n) is 15.6. The summed E-state index contributed by atoms with van der Waals surface area (Å²) in [4.78, 5) is 0. The molecule has 0 nitrogen and oxygen atoms in total. The summed E-state index contributed by atoms with van der Waals surface area (Å²) in [5.41, 5.74) is 21.1. The Hall–Kier alpha value is -5.98. The van der Waals surface area contributed by atoms with Gasteiger partial charge in [0.25, 0.3) is 0 Å². The highest BCUT2D eigenvalue weighted by Crippen LogP contribution is 2.61. The van der Waals surface area contributed by atoms with E-state index in [0.717, 1.165) is 0 Å². The van der Waals surface area contributed by atoms with Crippen LogP contribution in [0.4, 0.5) is 0 Å². The van der Waals surface area contributed by atoms with Crippen LogP contribution in [0.25, 0.3) is 77.5 Å². The number of hydrogen-bond donors (Lipinski definition) is 0. The van der Waals surface area contributed by atoms with Crippen LogP contribution in [0.15, 0.2) is 170 Å². The molecule has 248 valence electrons. The molecular weight excluding hydrogens is 625 g/mol. The van der Waals surface area contributed by atoms with Crippen LogP contribution >= 0.6 is 0 Å². The molecule has 0 bridgehead atoms. The molecular formula is C52H40. The molecule has 52 heavy (non-hydrogen) atoms. The van der Waals surface area contributed by atoms with Gasteiger partial charge in [-0.05, 0) is 112 Å². The van der Waals surface area contributed by atoms with Crippen LogP contribution in [-0.4, -0.2) is 0 Å². The summed E-state index contributed by atoms with van der Waals surface area (Å²) in [5.74, 6) is 0. The molecule has 0 atom stereocenters. The van der Waals surface area contributed by atoms with Gasteiger partial charge < -0.3 is 0 Å². The molecule has 0 aliphatic heterocycles. The third-order valence-electron chi connectivity index (χ3n) is 12.1. The van der Waals surface area contributed by atoms with Gasteiger partial charge in [0.05, 0.1) is 0 Å². The molecule has 0 aromatic heterocycles. The fourth-order valence-corrected chi connectivity index (χ4v) is 9.64. The molecule has 2 aliphatic carbocycles. The quantitative estimate of drug-likeness (QED) is 0.176. The van der Waals surface area contributed by atoms with Gasteiger partial charge in [-0.15, -0.1) is 0 Å². The lowest BCUT2D eigenvalue weighted by Gasteiger charge is -2.31. The van der Waals surface area contributed by atoms with E-state index in [4.69, 9.17) is 0 Å². The van der Waals surface area contributed by atoms with Gasteiger partial charge in [-0.25, -0.2) is 0 Å². The summed E-state index contributed by atoms with van der Waals surface area (Å²) < 4.78 is 0. The topological polar surface area (TPSA) is 0 Å². The Morgan fingerprint density at radius 2 is 0.750 bits per heavy atom. The Kier molecular flexibility index (Phi) is 6.67. The average molecular weight is 665 g/mol. The predicted molar refractivity (Wildman–Crippen MR) is 221 cm³/mol. The number of hydrogen-bond acceptors (Lipinski definition) is 0. The first-order chi connectivity index (χ1) is 25.3. The fraction of sp³-hybridized carbons (Fsp3) is 0.115. The number of rotatable bonds is 4. The number of benzene rings is 8. The first-order valence-electron chi connectivity index (χ1n) is 18.5.